The fourth-order valence-corrected chi connectivity index (χ4v) is 11.0. The van der Waals surface area contributed by atoms with Crippen LogP contribution in [0.15, 0.2) is 170 Å². The van der Waals surface area contributed by atoms with Gasteiger partial charge in [-0.3, -0.25) is 0 Å². The molecule has 0 unspecified atom stereocenters. The van der Waals surface area contributed by atoms with Gasteiger partial charge in [0.25, 0.3) is 0 Å². The molecule has 62 heavy (non-hydrogen) atoms. The largest absolute Gasteiger partial charge is 0.336 e. The minimum atomic E-state index is -0.139. The van der Waals surface area contributed by atoms with E-state index in [0.29, 0.717) is 0 Å². The topological polar surface area (TPSA) is 6.48 Å². The standard InChI is InChI=1S/C60H58N2/c1-9-15-42-32-34-58(3,4)61(56(42)10-2)48-28-31-53-52-29-21-40(36-54(52)60(7,8)55(53)39-48)20-22-41-26-30-50(51-18-13-12-17-49(41)51)46-24-23-45-38-47(27-25-44(45)37-46)62-57-19-14-11-16-43(57)33-35-59(62,5)6/h9-31,36-39H,2,32-35H2,1,3-8H3/b15-9-,22-20+. The van der Waals surface area contributed by atoms with E-state index in [1.54, 1.807) is 0 Å². The van der Waals surface area contributed by atoms with Crippen molar-refractivity contribution in [3.05, 3.63) is 197 Å². The minimum Gasteiger partial charge on any atom is -0.336 e. The predicted octanol–water partition coefficient (Wildman–Crippen LogP) is 16.4. The lowest BCUT2D eigenvalue weighted by molar-refractivity contribution is 0.435. The molecule has 0 amide bonds. The van der Waals surface area contributed by atoms with Crippen molar-refractivity contribution >= 4 is 50.8 Å². The van der Waals surface area contributed by atoms with E-state index in [4.69, 9.17) is 0 Å². The Morgan fingerprint density at radius 1 is 0.548 bits per heavy atom. The van der Waals surface area contributed by atoms with Gasteiger partial charge in [0.15, 0.2) is 0 Å². The van der Waals surface area contributed by atoms with Crippen LogP contribution in [-0.2, 0) is 11.8 Å². The molecule has 10 rings (SSSR count). The van der Waals surface area contributed by atoms with Gasteiger partial charge in [-0.15, -0.1) is 0 Å². The van der Waals surface area contributed by atoms with Gasteiger partial charge in [-0.2, -0.15) is 0 Å². The van der Waals surface area contributed by atoms with Crippen LogP contribution in [0, 0.1) is 0 Å². The molecule has 308 valence electrons. The average Bonchev–Trinajstić information content (AvgIpc) is 3.49. The molecule has 1 aliphatic carbocycles. The van der Waals surface area contributed by atoms with E-state index in [9.17, 15) is 0 Å². The number of benzene rings is 7. The number of hydrogen-bond acceptors (Lipinski definition) is 2. The molecule has 7 aromatic rings. The maximum absolute atomic E-state index is 4.27. The molecule has 2 heterocycles. The van der Waals surface area contributed by atoms with Crippen LogP contribution in [0.3, 0.4) is 0 Å². The summed E-state index contributed by atoms with van der Waals surface area (Å²) in [5, 5.41) is 5.05. The zero-order chi connectivity index (χ0) is 43.0. The van der Waals surface area contributed by atoms with Crippen LogP contribution in [0.2, 0.25) is 0 Å². The molecule has 0 fully saturated rings. The Hall–Kier alpha value is -6.38. The van der Waals surface area contributed by atoms with Crippen molar-refractivity contribution in [3.8, 4) is 22.3 Å². The summed E-state index contributed by atoms with van der Waals surface area (Å²) in [7, 11) is 0. The van der Waals surface area contributed by atoms with E-state index in [-0.39, 0.29) is 16.5 Å². The first-order valence-electron chi connectivity index (χ1n) is 22.6. The van der Waals surface area contributed by atoms with E-state index in [1.807, 2.05) is 6.08 Å². The highest BCUT2D eigenvalue weighted by molar-refractivity contribution is 6.04. The van der Waals surface area contributed by atoms with Crippen molar-refractivity contribution in [2.24, 2.45) is 0 Å². The van der Waals surface area contributed by atoms with Gasteiger partial charge in [-0.25, -0.2) is 0 Å². The summed E-state index contributed by atoms with van der Waals surface area (Å²) < 4.78 is 0. The van der Waals surface area contributed by atoms with Crippen LogP contribution in [0.4, 0.5) is 17.1 Å². The van der Waals surface area contributed by atoms with Crippen LogP contribution in [-0.4, -0.2) is 11.1 Å². The molecule has 0 aromatic heterocycles. The second-order valence-electron chi connectivity index (χ2n) is 19.5. The van der Waals surface area contributed by atoms with Crippen LogP contribution in [0.25, 0.3) is 56.0 Å². The van der Waals surface area contributed by atoms with Crippen molar-refractivity contribution in [1.82, 2.24) is 0 Å². The molecule has 2 nitrogen and oxygen atoms in total. The molecular weight excluding hydrogens is 749 g/mol. The lowest BCUT2D eigenvalue weighted by Gasteiger charge is -2.46. The first-order valence-corrected chi connectivity index (χ1v) is 22.6. The molecule has 0 saturated carbocycles. The van der Waals surface area contributed by atoms with Gasteiger partial charge in [-0.05, 0) is 180 Å². The molecule has 0 spiro atoms. The maximum atomic E-state index is 4.27. The van der Waals surface area contributed by atoms with Crippen molar-refractivity contribution in [2.75, 3.05) is 9.80 Å². The minimum absolute atomic E-state index is 0.0163. The molecule has 2 heteroatoms. The highest BCUT2D eigenvalue weighted by Crippen LogP contribution is 2.52. The molecular formula is C60H58N2. The SMILES string of the molecule is C=CC1=C(/C=C\C)CCC(C)(C)N1c1ccc2c(c1)C(C)(C)c1cc(/C=C/c3ccc(-c4ccc5cc(N6c7ccccc7CCC6(C)C)ccc5c4)c4ccccc34)ccc1-2. The Morgan fingerprint density at radius 2 is 1.19 bits per heavy atom. The second kappa shape index (κ2) is 14.9. The summed E-state index contributed by atoms with van der Waals surface area (Å²) in [6.07, 6.45) is 15.5. The van der Waals surface area contributed by atoms with Gasteiger partial charge in [0.1, 0.15) is 0 Å². The molecule has 0 radical (unpaired) electrons. The van der Waals surface area contributed by atoms with Crippen molar-refractivity contribution in [1.29, 1.82) is 0 Å². The van der Waals surface area contributed by atoms with E-state index in [2.05, 4.69) is 223 Å². The summed E-state index contributed by atoms with van der Waals surface area (Å²) in [4.78, 5) is 5.07. The first kappa shape index (κ1) is 39.7. The summed E-state index contributed by atoms with van der Waals surface area (Å²) in [6.45, 7) is 20.6. The van der Waals surface area contributed by atoms with Gasteiger partial charge in [0.05, 0.1) is 0 Å². The van der Waals surface area contributed by atoms with E-state index in [1.165, 1.54) is 99.9 Å². The monoisotopic (exact) mass is 806 g/mol. The van der Waals surface area contributed by atoms with Gasteiger partial charge in [0, 0.05) is 39.3 Å². The number of rotatable bonds is 7. The summed E-state index contributed by atoms with van der Waals surface area (Å²) in [5.74, 6) is 0. The zero-order valence-electron chi connectivity index (χ0n) is 37.5. The molecule has 0 N–H and O–H groups in total. The van der Waals surface area contributed by atoms with Crippen molar-refractivity contribution in [2.45, 2.75) is 90.6 Å². The van der Waals surface area contributed by atoms with Gasteiger partial charge >= 0.3 is 0 Å². The third kappa shape index (κ3) is 6.54. The van der Waals surface area contributed by atoms with Gasteiger partial charge in [0.2, 0.25) is 0 Å². The number of nitrogens with zero attached hydrogens (tertiary/aromatic N) is 2. The number of fused-ring (bicyclic) bond motifs is 6. The Morgan fingerprint density at radius 3 is 2.00 bits per heavy atom. The van der Waals surface area contributed by atoms with Crippen LogP contribution < -0.4 is 9.80 Å². The predicted molar refractivity (Wildman–Crippen MR) is 269 cm³/mol. The van der Waals surface area contributed by atoms with Crippen LogP contribution in [0.1, 0.15) is 95.5 Å². The summed E-state index contributed by atoms with van der Waals surface area (Å²) in [6, 6.07) is 50.5. The fourth-order valence-electron chi connectivity index (χ4n) is 11.0. The highest BCUT2D eigenvalue weighted by Gasteiger charge is 2.39. The third-order valence-electron chi connectivity index (χ3n) is 14.3. The maximum Gasteiger partial charge on any atom is 0.0448 e. The normalized spacial score (nSPS) is 17.5. The van der Waals surface area contributed by atoms with E-state index in [0.717, 1.165) is 25.7 Å². The highest BCUT2D eigenvalue weighted by atomic mass is 15.2. The lowest BCUT2D eigenvalue weighted by Crippen LogP contribution is -2.46. The van der Waals surface area contributed by atoms with Crippen molar-refractivity contribution in [3.63, 3.8) is 0 Å². The van der Waals surface area contributed by atoms with Gasteiger partial charge in [-0.1, -0.05) is 142 Å². The Labute approximate surface area is 369 Å². The molecule has 0 atom stereocenters. The van der Waals surface area contributed by atoms with Gasteiger partial charge < -0.3 is 9.80 Å². The van der Waals surface area contributed by atoms with E-state index >= 15 is 0 Å². The summed E-state index contributed by atoms with van der Waals surface area (Å²) >= 11 is 0. The molecule has 0 bridgehead atoms. The number of aryl methyl sites for hydroxylation is 1. The summed E-state index contributed by atoms with van der Waals surface area (Å²) in [5.41, 5.74) is 18.1. The average molecular weight is 807 g/mol. The Kier molecular flexibility index (Phi) is 9.56. The molecule has 7 aromatic carbocycles. The zero-order valence-corrected chi connectivity index (χ0v) is 37.5. The number of allylic oxidation sites excluding steroid dienone is 4. The first-order chi connectivity index (χ1) is 29.9. The fraction of sp³-hybridized carbons (Fsp3) is 0.233. The quantitative estimate of drug-likeness (QED) is 0.148. The molecule has 2 aliphatic heterocycles. The van der Waals surface area contributed by atoms with Crippen LogP contribution in [0.5, 0.6) is 0 Å². The third-order valence-corrected chi connectivity index (χ3v) is 14.3. The number of hydrogen-bond donors (Lipinski definition) is 0. The lowest BCUT2D eigenvalue weighted by atomic mass is 9.81. The Balaban J connectivity index is 0.943. The second-order valence-corrected chi connectivity index (χ2v) is 19.5. The number of anilines is 3. The number of para-hydroxylation sites is 1. The Bertz CT molecular complexity index is 3040. The molecule has 3 aliphatic rings. The smallest absolute Gasteiger partial charge is 0.0448 e. The molecule has 0 saturated heterocycles. The van der Waals surface area contributed by atoms with E-state index < -0.39 is 0 Å². The van der Waals surface area contributed by atoms with Crippen LogP contribution >= 0.6 is 0 Å². The van der Waals surface area contributed by atoms with Crippen molar-refractivity contribution < 1.29 is 0 Å².